The van der Waals surface area contributed by atoms with Gasteiger partial charge in [-0.05, 0) is 31.2 Å². The lowest BCUT2D eigenvalue weighted by molar-refractivity contribution is 0.191. The molecule has 2 rings (SSSR count). The molecule has 0 aromatic heterocycles. The van der Waals surface area contributed by atoms with E-state index >= 15 is 0 Å². The third kappa shape index (κ3) is 3.08. The van der Waals surface area contributed by atoms with Gasteiger partial charge < -0.3 is 9.84 Å². The fraction of sp³-hybridized carbons (Fsp3) is 0.200. The van der Waals surface area contributed by atoms with E-state index in [1.807, 2.05) is 24.3 Å². The maximum absolute atomic E-state index is 13.8. The fourth-order valence-corrected chi connectivity index (χ4v) is 2.99. The topological polar surface area (TPSA) is 29.5 Å². The Labute approximate surface area is 116 Å². The number of hydrogen-bond donors (Lipinski definition) is 1. The number of ether oxygens (including phenoxy) is 1. The highest BCUT2D eigenvalue weighted by atomic mass is 32.2. The number of rotatable bonds is 4. The van der Waals surface area contributed by atoms with E-state index < -0.39 is 11.9 Å². The minimum absolute atomic E-state index is 0.318. The molecular formula is C15H15FO2S. The Morgan fingerprint density at radius 2 is 1.79 bits per heavy atom. The van der Waals surface area contributed by atoms with Gasteiger partial charge in [0.25, 0.3) is 0 Å². The Hall–Kier alpha value is -1.52. The second kappa shape index (κ2) is 6.08. The van der Waals surface area contributed by atoms with Crippen LogP contribution in [0.5, 0.6) is 5.75 Å². The number of benzene rings is 2. The molecule has 1 unspecified atom stereocenters. The minimum Gasteiger partial charge on any atom is -0.496 e. The molecule has 2 nitrogen and oxygen atoms in total. The smallest absolute Gasteiger partial charge is 0.132 e. The van der Waals surface area contributed by atoms with Gasteiger partial charge in [-0.3, -0.25) is 0 Å². The molecule has 0 saturated heterocycles. The fourth-order valence-electron chi connectivity index (χ4n) is 1.83. The van der Waals surface area contributed by atoms with Crippen molar-refractivity contribution in [1.82, 2.24) is 0 Å². The Morgan fingerprint density at radius 3 is 2.47 bits per heavy atom. The van der Waals surface area contributed by atoms with Gasteiger partial charge in [-0.2, -0.15) is 0 Å². The summed E-state index contributed by atoms with van der Waals surface area (Å²) in [6.07, 6.45) is -0.849. The zero-order valence-electron chi connectivity index (χ0n) is 10.8. The van der Waals surface area contributed by atoms with Gasteiger partial charge in [0.2, 0.25) is 0 Å². The zero-order valence-corrected chi connectivity index (χ0v) is 11.6. The first-order valence-electron chi connectivity index (χ1n) is 5.91. The molecule has 0 heterocycles. The van der Waals surface area contributed by atoms with Crippen LogP contribution in [0.4, 0.5) is 4.39 Å². The predicted octanol–water partition coefficient (Wildman–Crippen LogP) is 4.04. The highest BCUT2D eigenvalue weighted by molar-refractivity contribution is 7.99. The van der Waals surface area contributed by atoms with Crippen molar-refractivity contribution in [1.29, 1.82) is 0 Å². The van der Waals surface area contributed by atoms with Crippen LogP contribution in [0.3, 0.4) is 0 Å². The first-order valence-corrected chi connectivity index (χ1v) is 6.72. The molecule has 1 atom stereocenters. The van der Waals surface area contributed by atoms with Gasteiger partial charge in [0.15, 0.2) is 0 Å². The Balaban J connectivity index is 2.41. The summed E-state index contributed by atoms with van der Waals surface area (Å²) in [5.41, 5.74) is 0.318. The Bertz CT molecular complexity index is 570. The molecule has 0 spiro atoms. The maximum Gasteiger partial charge on any atom is 0.132 e. The summed E-state index contributed by atoms with van der Waals surface area (Å²) < 4.78 is 19.1. The molecule has 4 heteroatoms. The number of para-hydroxylation sites is 1. The van der Waals surface area contributed by atoms with Gasteiger partial charge in [-0.15, -0.1) is 0 Å². The monoisotopic (exact) mass is 278 g/mol. The molecule has 0 saturated carbocycles. The predicted molar refractivity (Wildman–Crippen MR) is 74.2 cm³/mol. The van der Waals surface area contributed by atoms with Crippen LogP contribution in [0.25, 0.3) is 0 Å². The highest BCUT2D eigenvalue weighted by Gasteiger charge is 2.15. The van der Waals surface area contributed by atoms with Crippen molar-refractivity contribution in [3.8, 4) is 5.75 Å². The maximum atomic E-state index is 13.8. The van der Waals surface area contributed by atoms with E-state index in [9.17, 15) is 9.50 Å². The largest absolute Gasteiger partial charge is 0.496 e. The number of hydrogen-bond acceptors (Lipinski definition) is 3. The molecule has 0 amide bonds. The summed E-state index contributed by atoms with van der Waals surface area (Å²) in [6.45, 7) is 1.56. The average Bonchev–Trinajstić information content (AvgIpc) is 2.39. The molecule has 2 aromatic rings. The third-order valence-electron chi connectivity index (χ3n) is 2.72. The number of aliphatic hydroxyl groups excluding tert-OH is 1. The van der Waals surface area contributed by atoms with Crippen LogP contribution in [-0.2, 0) is 0 Å². The molecule has 2 aromatic carbocycles. The lowest BCUT2D eigenvalue weighted by Crippen LogP contribution is -1.98. The van der Waals surface area contributed by atoms with E-state index in [4.69, 9.17) is 4.74 Å². The first kappa shape index (κ1) is 13.9. The summed E-state index contributed by atoms with van der Waals surface area (Å²) in [5, 5.41) is 9.71. The van der Waals surface area contributed by atoms with E-state index in [0.29, 0.717) is 10.5 Å². The molecule has 100 valence electrons. The number of aliphatic hydroxyl groups is 1. The average molecular weight is 278 g/mol. The van der Waals surface area contributed by atoms with Crippen molar-refractivity contribution in [2.24, 2.45) is 0 Å². The first-order chi connectivity index (χ1) is 9.13. The van der Waals surface area contributed by atoms with Crippen molar-refractivity contribution in [3.63, 3.8) is 0 Å². The molecule has 1 N–H and O–H groups in total. The molecule has 0 fully saturated rings. The quantitative estimate of drug-likeness (QED) is 0.915. The van der Waals surface area contributed by atoms with E-state index in [1.54, 1.807) is 26.2 Å². The summed E-state index contributed by atoms with van der Waals surface area (Å²) in [7, 11) is 1.60. The van der Waals surface area contributed by atoms with E-state index in [-0.39, 0.29) is 0 Å². The van der Waals surface area contributed by atoms with Crippen LogP contribution in [0.1, 0.15) is 18.6 Å². The number of methoxy groups -OCH3 is 1. The van der Waals surface area contributed by atoms with Crippen molar-refractivity contribution < 1.29 is 14.2 Å². The van der Waals surface area contributed by atoms with Crippen LogP contribution >= 0.6 is 11.8 Å². The molecule has 0 aliphatic carbocycles. The Morgan fingerprint density at radius 1 is 1.11 bits per heavy atom. The lowest BCUT2D eigenvalue weighted by atomic mass is 10.1. The summed E-state index contributed by atoms with van der Waals surface area (Å²) in [4.78, 5) is 1.58. The van der Waals surface area contributed by atoms with Crippen LogP contribution < -0.4 is 4.74 Å². The van der Waals surface area contributed by atoms with Gasteiger partial charge in [0.1, 0.15) is 11.6 Å². The standard InChI is InChI=1S/C15H15FO2S/c1-10(17)15-11(16)6-5-9-14(15)19-13-8-4-3-7-12(13)18-2/h3-10,17H,1-2H3. The highest BCUT2D eigenvalue weighted by Crippen LogP contribution is 2.38. The number of halogens is 1. The van der Waals surface area contributed by atoms with E-state index in [0.717, 1.165) is 10.6 Å². The van der Waals surface area contributed by atoms with Crippen molar-refractivity contribution in [2.75, 3.05) is 7.11 Å². The molecule has 0 aliphatic rings. The minimum atomic E-state index is -0.849. The Kier molecular flexibility index (Phi) is 4.45. The second-order valence-electron chi connectivity index (χ2n) is 4.08. The van der Waals surface area contributed by atoms with Gasteiger partial charge in [-0.1, -0.05) is 30.0 Å². The molecule has 0 aliphatic heterocycles. The lowest BCUT2D eigenvalue weighted by Gasteiger charge is -2.14. The van der Waals surface area contributed by atoms with Gasteiger partial charge in [-0.25, -0.2) is 4.39 Å². The third-order valence-corrected chi connectivity index (χ3v) is 3.85. The summed E-state index contributed by atoms with van der Waals surface area (Å²) >= 11 is 1.38. The molecule has 19 heavy (non-hydrogen) atoms. The second-order valence-corrected chi connectivity index (χ2v) is 5.16. The SMILES string of the molecule is COc1ccccc1Sc1cccc(F)c1C(C)O. The van der Waals surface area contributed by atoms with E-state index in [2.05, 4.69) is 0 Å². The molecule has 0 bridgehead atoms. The molecular weight excluding hydrogens is 263 g/mol. The normalized spacial score (nSPS) is 12.2. The van der Waals surface area contributed by atoms with Gasteiger partial charge in [0, 0.05) is 10.5 Å². The zero-order chi connectivity index (χ0) is 13.8. The van der Waals surface area contributed by atoms with Crippen molar-refractivity contribution in [3.05, 3.63) is 53.8 Å². The van der Waals surface area contributed by atoms with Crippen LogP contribution in [0, 0.1) is 5.82 Å². The van der Waals surface area contributed by atoms with Crippen molar-refractivity contribution in [2.45, 2.75) is 22.8 Å². The van der Waals surface area contributed by atoms with Crippen LogP contribution in [0.15, 0.2) is 52.3 Å². The van der Waals surface area contributed by atoms with Crippen LogP contribution in [-0.4, -0.2) is 12.2 Å². The summed E-state index contributed by atoms with van der Waals surface area (Å²) in [5.74, 6) is 0.336. The van der Waals surface area contributed by atoms with Gasteiger partial charge in [0.05, 0.1) is 18.1 Å². The van der Waals surface area contributed by atoms with Gasteiger partial charge >= 0.3 is 0 Å². The van der Waals surface area contributed by atoms with Crippen LogP contribution in [0.2, 0.25) is 0 Å². The van der Waals surface area contributed by atoms with Crippen molar-refractivity contribution >= 4 is 11.8 Å². The van der Waals surface area contributed by atoms with E-state index in [1.165, 1.54) is 17.8 Å². The summed E-state index contributed by atoms with van der Waals surface area (Å²) in [6, 6.07) is 12.3. The molecule has 0 radical (unpaired) electrons.